The van der Waals surface area contributed by atoms with E-state index in [1.165, 1.54) is 6.92 Å². The van der Waals surface area contributed by atoms with E-state index in [4.69, 9.17) is 9.05 Å². The number of hydrogen-bond acceptors (Lipinski definition) is 5. The minimum atomic E-state index is -4.23. The zero-order valence-corrected chi connectivity index (χ0v) is 11.6. The highest BCUT2D eigenvalue weighted by Gasteiger charge is 2.35. The van der Waals surface area contributed by atoms with Gasteiger partial charge in [-0.2, -0.15) is 4.39 Å². The molecule has 0 aromatic heterocycles. The molecule has 0 aromatic carbocycles. The summed E-state index contributed by atoms with van der Waals surface area (Å²) in [5.41, 5.74) is -1.51. The van der Waals surface area contributed by atoms with Crippen molar-refractivity contribution in [1.82, 2.24) is 0 Å². The summed E-state index contributed by atoms with van der Waals surface area (Å²) in [5, 5.41) is 11.2. The smallest absolute Gasteiger partial charge is 0.391 e. The van der Waals surface area contributed by atoms with Gasteiger partial charge in [0.15, 0.2) is 0 Å². The molecule has 5 nitrogen and oxygen atoms in total. The second kappa shape index (κ2) is 6.99. The van der Waals surface area contributed by atoms with Gasteiger partial charge < -0.3 is 18.9 Å². The summed E-state index contributed by atoms with van der Waals surface area (Å²) in [4.78, 5) is 0. The highest BCUT2D eigenvalue weighted by Crippen LogP contribution is 2.59. The molecule has 17 heavy (non-hydrogen) atoms. The summed E-state index contributed by atoms with van der Waals surface area (Å²) in [7, 11) is -4.23. The summed E-state index contributed by atoms with van der Waals surface area (Å²) in [5.74, 6) is -1.31. The lowest BCUT2D eigenvalue weighted by Gasteiger charge is -2.24. The Hall–Kier alpha value is -0.580. The molecule has 0 aromatic rings. The van der Waals surface area contributed by atoms with E-state index < -0.39 is 31.3 Å². The fraction of sp³-hybridized carbons (Fsp3) is 0.800. The zero-order chi connectivity index (χ0) is 13.6. The Morgan fingerprint density at radius 2 is 1.65 bits per heavy atom. The zero-order valence-electron chi connectivity index (χ0n) is 10.7. The van der Waals surface area contributed by atoms with E-state index in [1.807, 2.05) is 0 Å². The van der Waals surface area contributed by atoms with Crippen LogP contribution in [0, 0.1) is 0 Å². The van der Waals surface area contributed by atoms with Gasteiger partial charge in [-0.1, -0.05) is 6.92 Å². The third kappa shape index (κ3) is 5.52. The molecule has 0 unspecified atom stereocenters. The number of rotatable bonds is 7. The van der Waals surface area contributed by atoms with Gasteiger partial charge in [-0.25, -0.2) is 0 Å². The first-order chi connectivity index (χ1) is 7.73. The molecule has 0 fully saturated rings. The van der Waals surface area contributed by atoms with E-state index in [0.29, 0.717) is 0 Å². The second-order valence-electron chi connectivity index (χ2n) is 3.82. The number of ether oxygens (including phenoxy) is 1. The van der Waals surface area contributed by atoms with E-state index in [9.17, 15) is 14.1 Å². The SMILES string of the molecule is CCO/C([O-])=C(\F)P(=O)(OC(C)C)OC(C)C. The fourth-order valence-electron chi connectivity index (χ4n) is 0.975. The van der Waals surface area contributed by atoms with Gasteiger partial charge in [0.25, 0.3) is 0 Å². The molecule has 0 aliphatic heterocycles. The molecular weight excluding hydrogens is 250 g/mol. The monoisotopic (exact) mass is 269 g/mol. The Kier molecular flexibility index (Phi) is 6.75. The lowest BCUT2D eigenvalue weighted by atomic mass is 10.5. The van der Waals surface area contributed by atoms with Gasteiger partial charge in [0, 0.05) is 0 Å². The Labute approximate surface area is 101 Å². The van der Waals surface area contributed by atoms with Crippen LogP contribution in [0.2, 0.25) is 0 Å². The van der Waals surface area contributed by atoms with Crippen LogP contribution in [0.1, 0.15) is 34.6 Å². The van der Waals surface area contributed by atoms with Crippen LogP contribution in [0.3, 0.4) is 0 Å². The first-order valence-electron chi connectivity index (χ1n) is 5.40. The minimum Gasteiger partial charge on any atom is -0.611 e. The summed E-state index contributed by atoms with van der Waals surface area (Å²) in [6.45, 7) is 7.76. The van der Waals surface area contributed by atoms with Crippen molar-refractivity contribution in [3.8, 4) is 0 Å². The maximum atomic E-state index is 13.7. The molecule has 0 radical (unpaired) electrons. The summed E-state index contributed by atoms with van der Waals surface area (Å²) in [6.07, 6.45) is -1.08. The molecule has 0 saturated heterocycles. The van der Waals surface area contributed by atoms with Gasteiger partial charge in [-0.15, -0.1) is 0 Å². The summed E-state index contributed by atoms with van der Waals surface area (Å²) < 4.78 is 40.0. The Bertz CT molecular complexity index is 300. The van der Waals surface area contributed by atoms with Crippen LogP contribution < -0.4 is 5.11 Å². The molecule has 0 amide bonds. The summed E-state index contributed by atoms with van der Waals surface area (Å²) >= 11 is 0. The van der Waals surface area contributed by atoms with E-state index in [-0.39, 0.29) is 6.61 Å². The third-order valence-electron chi connectivity index (χ3n) is 1.38. The van der Waals surface area contributed by atoms with Crippen molar-refractivity contribution in [2.24, 2.45) is 0 Å². The predicted molar refractivity (Wildman–Crippen MR) is 59.8 cm³/mol. The van der Waals surface area contributed by atoms with Crippen LogP contribution in [0.5, 0.6) is 0 Å². The molecule has 0 bridgehead atoms. The maximum absolute atomic E-state index is 13.7. The van der Waals surface area contributed by atoms with Gasteiger partial charge in [0.05, 0.1) is 18.2 Å². The van der Waals surface area contributed by atoms with E-state index in [0.717, 1.165) is 0 Å². The molecule has 0 rings (SSSR count). The van der Waals surface area contributed by atoms with Crippen molar-refractivity contribution in [2.75, 3.05) is 6.61 Å². The number of hydrogen-bond donors (Lipinski definition) is 0. The molecule has 0 aliphatic carbocycles. The van der Waals surface area contributed by atoms with Crippen molar-refractivity contribution in [1.29, 1.82) is 0 Å². The van der Waals surface area contributed by atoms with Crippen LogP contribution in [-0.2, 0) is 18.3 Å². The molecule has 7 heteroatoms. The van der Waals surface area contributed by atoms with Crippen LogP contribution >= 0.6 is 7.60 Å². The van der Waals surface area contributed by atoms with Crippen LogP contribution in [0.4, 0.5) is 4.39 Å². The molecule has 0 heterocycles. The van der Waals surface area contributed by atoms with Crippen molar-refractivity contribution in [3.05, 3.63) is 11.5 Å². The van der Waals surface area contributed by atoms with E-state index in [1.54, 1.807) is 27.7 Å². The van der Waals surface area contributed by atoms with Crippen molar-refractivity contribution < 1.29 is 27.8 Å². The second-order valence-corrected chi connectivity index (χ2v) is 5.63. The van der Waals surface area contributed by atoms with Gasteiger partial charge in [-0.05, 0) is 34.3 Å². The molecule has 0 saturated carbocycles. The number of halogens is 1. The average molecular weight is 269 g/mol. The molecular formula is C10H19FO5P-. The van der Waals surface area contributed by atoms with Crippen molar-refractivity contribution >= 4 is 7.60 Å². The molecule has 102 valence electrons. The van der Waals surface area contributed by atoms with Crippen LogP contribution in [0.25, 0.3) is 0 Å². The first-order valence-corrected chi connectivity index (χ1v) is 6.94. The molecule has 0 spiro atoms. The van der Waals surface area contributed by atoms with Crippen molar-refractivity contribution in [2.45, 2.75) is 46.8 Å². The average Bonchev–Trinajstić information content (AvgIpc) is 2.14. The lowest BCUT2D eigenvalue weighted by Crippen LogP contribution is -2.14. The Balaban J connectivity index is 5.17. The highest BCUT2D eigenvalue weighted by atomic mass is 31.2. The Morgan fingerprint density at radius 3 is 1.94 bits per heavy atom. The van der Waals surface area contributed by atoms with Crippen molar-refractivity contribution in [3.63, 3.8) is 0 Å². The fourth-order valence-corrected chi connectivity index (χ4v) is 2.61. The van der Waals surface area contributed by atoms with Gasteiger partial charge in [0.1, 0.15) is 0 Å². The van der Waals surface area contributed by atoms with Crippen LogP contribution in [-0.4, -0.2) is 18.8 Å². The highest BCUT2D eigenvalue weighted by molar-refractivity contribution is 7.58. The van der Waals surface area contributed by atoms with Crippen LogP contribution in [0.15, 0.2) is 11.5 Å². The quantitative estimate of drug-likeness (QED) is 0.524. The summed E-state index contributed by atoms with van der Waals surface area (Å²) in [6, 6.07) is 0. The van der Waals surface area contributed by atoms with E-state index >= 15 is 0 Å². The first kappa shape index (κ1) is 16.4. The third-order valence-corrected chi connectivity index (χ3v) is 3.45. The molecule has 0 aliphatic rings. The Morgan fingerprint density at radius 1 is 1.24 bits per heavy atom. The minimum absolute atomic E-state index is 0.0182. The van der Waals surface area contributed by atoms with E-state index in [2.05, 4.69) is 4.74 Å². The van der Waals surface area contributed by atoms with Gasteiger partial charge >= 0.3 is 7.60 Å². The lowest BCUT2D eigenvalue weighted by molar-refractivity contribution is -0.359. The topological polar surface area (TPSA) is 67.8 Å². The molecule has 0 atom stereocenters. The normalized spacial score (nSPS) is 14.1. The standard InChI is InChI=1S/C10H20FO5P/c1-6-14-10(12)9(11)17(13,15-7(2)3)16-8(4)5/h7-8,12H,6H2,1-5H3/p-1/b10-9+. The molecule has 0 N–H and O–H groups in total. The van der Waals surface area contributed by atoms with Gasteiger partial charge in [0.2, 0.25) is 5.57 Å². The van der Waals surface area contributed by atoms with Gasteiger partial charge in [-0.3, -0.25) is 4.57 Å². The largest absolute Gasteiger partial charge is 0.611 e. The maximum Gasteiger partial charge on any atom is 0.391 e. The predicted octanol–water partition coefficient (Wildman–Crippen LogP) is 2.52.